The first-order valence-electron chi connectivity index (χ1n) is 6.71. The molecule has 0 unspecified atom stereocenters. The maximum Gasteiger partial charge on any atom is 0.297 e. The highest BCUT2D eigenvalue weighted by molar-refractivity contribution is 7.86. The molecule has 108 valence electrons. The minimum atomic E-state index is -3.71. The van der Waals surface area contributed by atoms with Crippen LogP contribution in [0.1, 0.15) is 24.8 Å². The summed E-state index contributed by atoms with van der Waals surface area (Å²) in [4.78, 5) is 0.190. The summed E-state index contributed by atoms with van der Waals surface area (Å²) in [6, 6.07) is 6.65. The van der Waals surface area contributed by atoms with Crippen molar-refractivity contribution in [3.63, 3.8) is 0 Å². The number of rotatable bonds is 4. The Labute approximate surface area is 121 Å². The highest BCUT2D eigenvalue weighted by Gasteiger charge is 2.24. The van der Waals surface area contributed by atoms with Gasteiger partial charge < -0.3 is 0 Å². The van der Waals surface area contributed by atoms with E-state index in [9.17, 15) is 8.42 Å². The molecule has 0 N–H and O–H groups in total. The molecule has 1 aromatic carbocycles. The summed E-state index contributed by atoms with van der Waals surface area (Å²) >= 11 is 0. The maximum atomic E-state index is 12.1. The Morgan fingerprint density at radius 3 is 2.25 bits per heavy atom. The smallest absolute Gasteiger partial charge is 0.265 e. The standard InChI is InChI=1S/C16H20O3S/c1-12-7-9-15(10-8-12)20(17,18)19-11-16-13(2)5-4-6-14(16)3/h7-10,16H,2-6,11H2,1H3. The van der Waals surface area contributed by atoms with Crippen molar-refractivity contribution in [2.75, 3.05) is 6.61 Å². The molecule has 1 aliphatic rings. The van der Waals surface area contributed by atoms with Gasteiger partial charge in [0.2, 0.25) is 0 Å². The van der Waals surface area contributed by atoms with Gasteiger partial charge in [-0.05, 0) is 38.3 Å². The second-order valence-electron chi connectivity index (χ2n) is 5.27. The molecule has 2 rings (SSSR count). The van der Waals surface area contributed by atoms with Crippen LogP contribution in [0.25, 0.3) is 0 Å². The van der Waals surface area contributed by atoms with Gasteiger partial charge >= 0.3 is 0 Å². The second-order valence-corrected chi connectivity index (χ2v) is 6.89. The molecule has 1 fully saturated rings. The van der Waals surface area contributed by atoms with Gasteiger partial charge in [-0.2, -0.15) is 8.42 Å². The van der Waals surface area contributed by atoms with E-state index in [4.69, 9.17) is 4.18 Å². The highest BCUT2D eigenvalue weighted by atomic mass is 32.2. The molecule has 0 heterocycles. The zero-order chi connectivity index (χ0) is 14.8. The lowest BCUT2D eigenvalue weighted by Gasteiger charge is -2.26. The van der Waals surface area contributed by atoms with Crippen LogP contribution in [0.3, 0.4) is 0 Å². The van der Waals surface area contributed by atoms with Crippen LogP contribution >= 0.6 is 0 Å². The molecule has 1 aliphatic carbocycles. The monoisotopic (exact) mass is 292 g/mol. The minimum Gasteiger partial charge on any atom is -0.265 e. The van der Waals surface area contributed by atoms with Crippen molar-refractivity contribution in [2.45, 2.75) is 31.1 Å². The van der Waals surface area contributed by atoms with E-state index in [2.05, 4.69) is 13.2 Å². The quantitative estimate of drug-likeness (QED) is 0.629. The van der Waals surface area contributed by atoms with Gasteiger partial charge in [-0.3, -0.25) is 4.18 Å². The van der Waals surface area contributed by atoms with Gasteiger partial charge in [-0.1, -0.05) is 42.0 Å². The van der Waals surface area contributed by atoms with Gasteiger partial charge in [0.15, 0.2) is 0 Å². The van der Waals surface area contributed by atoms with E-state index in [0.717, 1.165) is 36.0 Å². The molecular weight excluding hydrogens is 272 g/mol. The first-order valence-corrected chi connectivity index (χ1v) is 8.12. The van der Waals surface area contributed by atoms with Crippen LogP contribution in [0.2, 0.25) is 0 Å². The van der Waals surface area contributed by atoms with Crippen LogP contribution in [0.4, 0.5) is 0 Å². The molecule has 20 heavy (non-hydrogen) atoms. The van der Waals surface area contributed by atoms with Crippen LogP contribution in [-0.2, 0) is 14.3 Å². The average Bonchev–Trinajstić information content (AvgIpc) is 2.38. The fraction of sp³-hybridized carbons (Fsp3) is 0.375. The van der Waals surface area contributed by atoms with Gasteiger partial charge in [-0.15, -0.1) is 0 Å². The summed E-state index contributed by atoms with van der Waals surface area (Å²) in [6.07, 6.45) is 2.87. The Balaban J connectivity index is 2.07. The molecule has 1 aromatic rings. The predicted molar refractivity (Wildman–Crippen MR) is 79.9 cm³/mol. The third-order valence-electron chi connectivity index (χ3n) is 3.68. The first-order chi connectivity index (χ1) is 9.40. The largest absolute Gasteiger partial charge is 0.297 e. The lowest BCUT2D eigenvalue weighted by atomic mass is 9.82. The summed E-state index contributed by atoms with van der Waals surface area (Å²) in [5.41, 5.74) is 3.04. The van der Waals surface area contributed by atoms with Crippen molar-refractivity contribution in [2.24, 2.45) is 5.92 Å². The Morgan fingerprint density at radius 2 is 1.70 bits per heavy atom. The molecule has 3 nitrogen and oxygen atoms in total. The number of benzene rings is 1. The van der Waals surface area contributed by atoms with E-state index in [1.807, 2.05) is 6.92 Å². The summed E-state index contributed by atoms with van der Waals surface area (Å²) in [5, 5.41) is 0. The molecule has 4 heteroatoms. The normalized spacial score (nSPS) is 17.4. The molecule has 0 saturated heterocycles. The lowest BCUT2D eigenvalue weighted by molar-refractivity contribution is 0.280. The van der Waals surface area contributed by atoms with Crippen LogP contribution < -0.4 is 0 Å². The van der Waals surface area contributed by atoms with Crippen molar-refractivity contribution in [1.82, 2.24) is 0 Å². The Morgan fingerprint density at radius 1 is 1.15 bits per heavy atom. The fourth-order valence-electron chi connectivity index (χ4n) is 2.35. The third-order valence-corrected chi connectivity index (χ3v) is 4.98. The lowest BCUT2D eigenvalue weighted by Crippen LogP contribution is -2.20. The molecule has 0 amide bonds. The Hall–Kier alpha value is -1.39. The van der Waals surface area contributed by atoms with Crippen LogP contribution in [0.15, 0.2) is 53.5 Å². The molecule has 1 saturated carbocycles. The van der Waals surface area contributed by atoms with Crippen molar-refractivity contribution in [3.05, 3.63) is 54.1 Å². The van der Waals surface area contributed by atoms with Crippen LogP contribution in [-0.4, -0.2) is 15.0 Å². The SMILES string of the molecule is C=C1CCCC(=C)C1COS(=O)(=O)c1ccc(C)cc1. The van der Waals surface area contributed by atoms with Crippen LogP contribution in [0.5, 0.6) is 0 Å². The molecule has 0 spiro atoms. The third kappa shape index (κ3) is 3.38. The second kappa shape index (κ2) is 5.94. The summed E-state index contributed by atoms with van der Waals surface area (Å²) in [5.74, 6) is -0.0519. The molecular formula is C16H20O3S. The Kier molecular flexibility index (Phi) is 4.45. The van der Waals surface area contributed by atoms with Crippen molar-refractivity contribution < 1.29 is 12.6 Å². The minimum absolute atomic E-state index is 0.0519. The van der Waals surface area contributed by atoms with Crippen molar-refractivity contribution in [1.29, 1.82) is 0 Å². The maximum absolute atomic E-state index is 12.1. The molecule has 0 bridgehead atoms. The molecule has 0 aliphatic heterocycles. The Bertz CT molecular complexity index is 596. The van der Waals surface area contributed by atoms with E-state index in [0.29, 0.717) is 0 Å². The number of hydrogen-bond acceptors (Lipinski definition) is 3. The van der Waals surface area contributed by atoms with Crippen LogP contribution in [0, 0.1) is 12.8 Å². The van der Waals surface area contributed by atoms with E-state index in [1.165, 1.54) is 0 Å². The van der Waals surface area contributed by atoms with E-state index < -0.39 is 10.1 Å². The number of hydrogen-bond donors (Lipinski definition) is 0. The zero-order valence-corrected chi connectivity index (χ0v) is 12.6. The van der Waals surface area contributed by atoms with Gasteiger partial charge in [0.05, 0.1) is 11.5 Å². The van der Waals surface area contributed by atoms with Gasteiger partial charge in [0, 0.05) is 5.92 Å². The van der Waals surface area contributed by atoms with E-state index in [1.54, 1.807) is 24.3 Å². The molecule has 0 radical (unpaired) electrons. The van der Waals surface area contributed by atoms with E-state index in [-0.39, 0.29) is 17.4 Å². The fourth-order valence-corrected chi connectivity index (χ4v) is 3.27. The summed E-state index contributed by atoms with van der Waals surface area (Å²) in [6.45, 7) is 10.0. The summed E-state index contributed by atoms with van der Waals surface area (Å²) in [7, 11) is -3.71. The summed E-state index contributed by atoms with van der Waals surface area (Å²) < 4.78 is 29.4. The zero-order valence-electron chi connectivity index (χ0n) is 11.8. The number of aryl methyl sites for hydroxylation is 1. The molecule has 0 atom stereocenters. The van der Waals surface area contributed by atoms with Gasteiger partial charge in [-0.25, -0.2) is 0 Å². The predicted octanol–water partition coefficient (Wildman–Crippen LogP) is 3.61. The highest BCUT2D eigenvalue weighted by Crippen LogP contribution is 2.32. The molecule has 0 aromatic heterocycles. The average molecular weight is 292 g/mol. The van der Waals surface area contributed by atoms with Gasteiger partial charge in [0.25, 0.3) is 10.1 Å². The van der Waals surface area contributed by atoms with Gasteiger partial charge in [0.1, 0.15) is 0 Å². The van der Waals surface area contributed by atoms with Crippen molar-refractivity contribution >= 4 is 10.1 Å². The first kappa shape index (κ1) is 15.0. The van der Waals surface area contributed by atoms with E-state index >= 15 is 0 Å². The topological polar surface area (TPSA) is 43.4 Å². The van der Waals surface area contributed by atoms with Crippen molar-refractivity contribution in [3.8, 4) is 0 Å².